The predicted molar refractivity (Wildman–Crippen MR) is 94.5 cm³/mol. The van der Waals surface area contributed by atoms with Crippen LogP contribution in [0.2, 0.25) is 0 Å². The minimum absolute atomic E-state index is 0.0188. The normalized spacial score (nSPS) is 12.8. The smallest absolute Gasteiger partial charge is 0.308 e. The lowest BCUT2D eigenvalue weighted by Crippen LogP contribution is -2.33. The Hall–Kier alpha value is -2.00. The molecule has 0 saturated heterocycles. The van der Waals surface area contributed by atoms with Crippen LogP contribution < -0.4 is 5.32 Å². The topological polar surface area (TPSA) is 104 Å². The number of rotatable bonds is 11. The van der Waals surface area contributed by atoms with Crippen LogP contribution >= 0.6 is 0 Å². The summed E-state index contributed by atoms with van der Waals surface area (Å²) in [5.41, 5.74) is 0. The van der Waals surface area contributed by atoms with Crippen molar-refractivity contribution in [2.75, 3.05) is 20.1 Å². The maximum Gasteiger partial charge on any atom is 0.308 e. The van der Waals surface area contributed by atoms with E-state index in [9.17, 15) is 22.4 Å². The lowest BCUT2D eigenvalue weighted by Gasteiger charge is -2.17. The number of nitrogens with one attached hydrogen (secondary N) is 1. The first-order valence-electron chi connectivity index (χ1n) is 8.40. The van der Waals surface area contributed by atoms with E-state index >= 15 is 0 Å². The van der Waals surface area contributed by atoms with Gasteiger partial charge in [-0.1, -0.05) is 13.3 Å². The van der Waals surface area contributed by atoms with Crippen LogP contribution in [-0.2, 0) is 19.6 Å². The number of sulfonamides is 1. The minimum atomic E-state index is -3.74. The Morgan fingerprint density at radius 2 is 1.88 bits per heavy atom. The summed E-state index contributed by atoms with van der Waals surface area (Å²) in [7, 11) is -2.35. The Morgan fingerprint density at radius 3 is 2.42 bits per heavy atom. The van der Waals surface area contributed by atoms with Crippen LogP contribution in [0.25, 0.3) is 0 Å². The largest absolute Gasteiger partial charge is 0.481 e. The molecule has 0 saturated carbocycles. The third kappa shape index (κ3) is 6.72. The molecular weight excluding hydrogens is 363 g/mol. The standard InChI is InChI=1S/C17H25FN2O5S/c1-3-5-13(17(22)23)12-19-16(21)6-4-11-20(2)26(24,25)15-9-7-14(18)8-10-15/h7-10,13H,3-6,11-12H2,1-2H3,(H,19,21)(H,22,23). The number of carboxylic acids is 1. The Labute approximate surface area is 153 Å². The molecule has 0 aromatic heterocycles. The van der Waals surface area contributed by atoms with Crippen molar-refractivity contribution in [3.63, 3.8) is 0 Å². The zero-order chi connectivity index (χ0) is 19.7. The summed E-state index contributed by atoms with van der Waals surface area (Å²) in [5, 5.41) is 11.6. The van der Waals surface area contributed by atoms with Crippen molar-refractivity contribution in [2.45, 2.75) is 37.5 Å². The van der Waals surface area contributed by atoms with Crippen molar-refractivity contribution in [2.24, 2.45) is 5.92 Å². The molecule has 1 unspecified atom stereocenters. The van der Waals surface area contributed by atoms with Crippen molar-refractivity contribution in [3.05, 3.63) is 30.1 Å². The molecule has 1 aromatic rings. The van der Waals surface area contributed by atoms with Crippen molar-refractivity contribution in [3.8, 4) is 0 Å². The van der Waals surface area contributed by atoms with Gasteiger partial charge in [0, 0.05) is 26.6 Å². The van der Waals surface area contributed by atoms with Crippen molar-refractivity contribution in [1.82, 2.24) is 9.62 Å². The molecule has 1 amide bonds. The van der Waals surface area contributed by atoms with Gasteiger partial charge in [-0.15, -0.1) is 0 Å². The third-order valence-corrected chi connectivity index (χ3v) is 5.80. The highest BCUT2D eigenvalue weighted by Crippen LogP contribution is 2.15. The van der Waals surface area contributed by atoms with Crippen LogP contribution in [0.5, 0.6) is 0 Å². The monoisotopic (exact) mass is 388 g/mol. The van der Waals surface area contributed by atoms with Gasteiger partial charge in [0.1, 0.15) is 5.82 Å². The first-order chi connectivity index (χ1) is 12.2. The highest BCUT2D eigenvalue weighted by atomic mass is 32.2. The molecule has 7 nitrogen and oxygen atoms in total. The third-order valence-electron chi connectivity index (χ3n) is 3.93. The van der Waals surface area contributed by atoms with Crippen molar-refractivity contribution >= 4 is 21.9 Å². The summed E-state index contributed by atoms with van der Waals surface area (Å²) in [5.74, 6) is -2.41. The van der Waals surface area contributed by atoms with Crippen LogP contribution in [-0.4, -0.2) is 49.8 Å². The van der Waals surface area contributed by atoms with E-state index in [1.165, 1.54) is 19.2 Å². The maximum atomic E-state index is 12.9. The molecule has 0 heterocycles. The summed E-state index contributed by atoms with van der Waals surface area (Å²) in [6.45, 7) is 2.05. The molecule has 0 aliphatic heterocycles. The number of amides is 1. The molecule has 26 heavy (non-hydrogen) atoms. The summed E-state index contributed by atoms with van der Waals surface area (Å²) in [4.78, 5) is 22.8. The van der Waals surface area contributed by atoms with E-state index < -0.39 is 27.7 Å². The molecule has 0 bridgehead atoms. The zero-order valence-corrected chi connectivity index (χ0v) is 15.8. The Morgan fingerprint density at radius 1 is 1.27 bits per heavy atom. The molecule has 0 spiro atoms. The second-order valence-corrected chi connectivity index (χ2v) is 8.06. The molecule has 0 fully saturated rings. The number of carbonyl (C=O) groups excluding carboxylic acids is 1. The fourth-order valence-electron chi connectivity index (χ4n) is 2.36. The first-order valence-corrected chi connectivity index (χ1v) is 9.84. The van der Waals surface area contributed by atoms with Crippen LogP contribution in [0.1, 0.15) is 32.6 Å². The Bertz CT molecular complexity index is 706. The van der Waals surface area contributed by atoms with E-state index in [0.29, 0.717) is 12.8 Å². The van der Waals surface area contributed by atoms with Gasteiger partial charge in [0.05, 0.1) is 10.8 Å². The van der Waals surface area contributed by atoms with E-state index in [-0.39, 0.29) is 36.7 Å². The second-order valence-electron chi connectivity index (χ2n) is 6.01. The van der Waals surface area contributed by atoms with E-state index in [1.807, 2.05) is 6.92 Å². The lowest BCUT2D eigenvalue weighted by atomic mass is 10.0. The molecule has 9 heteroatoms. The first kappa shape index (κ1) is 22.0. The maximum absolute atomic E-state index is 12.9. The van der Waals surface area contributed by atoms with Crippen molar-refractivity contribution < 1.29 is 27.5 Å². The van der Waals surface area contributed by atoms with E-state index in [0.717, 1.165) is 16.4 Å². The van der Waals surface area contributed by atoms with Gasteiger partial charge >= 0.3 is 5.97 Å². The van der Waals surface area contributed by atoms with Crippen LogP contribution in [0.15, 0.2) is 29.2 Å². The molecule has 1 aromatic carbocycles. The predicted octanol–water partition coefficient (Wildman–Crippen LogP) is 1.84. The fraction of sp³-hybridized carbons (Fsp3) is 0.529. The second kappa shape index (κ2) is 10.2. The fourth-order valence-corrected chi connectivity index (χ4v) is 3.57. The number of nitrogens with zero attached hydrogens (tertiary/aromatic N) is 1. The number of benzene rings is 1. The van der Waals surface area contributed by atoms with E-state index in [1.54, 1.807) is 0 Å². The van der Waals surface area contributed by atoms with Crippen LogP contribution in [0.3, 0.4) is 0 Å². The van der Waals surface area contributed by atoms with E-state index in [4.69, 9.17) is 5.11 Å². The number of aliphatic carboxylic acids is 1. The lowest BCUT2D eigenvalue weighted by molar-refractivity contribution is -0.141. The number of halogens is 1. The minimum Gasteiger partial charge on any atom is -0.481 e. The van der Waals surface area contributed by atoms with Gasteiger partial charge < -0.3 is 10.4 Å². The summed E-state index contributed by atoms with van der Waals surface area (Å²) < 4.78 is 38.6. The Balaban J connectivity index is 2.45. The van der Waals surface area contributed by atoms with E-state index in [2.05, 4.69) is 5.32 Å². The molecule has 0 aliphatic carbocycles. The number of carboxylic acid groups (broad SMARTS) is 1. The average Bonchev–Trinajstić information content (AvgIpc) is 2.58. The summed E-state index contributed by atoms with van der Waals surface area (Å²) in [6, 6.07) is 4.52. The quantitative estimate of drug-likeness (QED) is 0.602. The molecule has 0 aliphatic rings. The highest BCUT2D eigenvalue weighted by Gasteiger charge is 2.21. The zero-order valence-electron chi connectivity index (χ0n) is 14.9. The van der Waals surface area contributed by atoms with Gasteiger partial charge in [0.25, 0.3) is 0 Å². The van der Waals surface area contributed by atoms with Gasteiger partial charge in [0.15, 0.2) is 0 Å². The van der Waals surface area contributed by atoms with Gasteiger partial charge in [0.2, 0.25) is 15.9 Å². The number of carbonyl (C=O) groups is 2. The number of hydrogen-bond acceptors (Lipinski definition) is 4. The number of hydrogen-bond donors (Lipinski definition) is 2. The SMILES string of the molecule is CCCC(CNC(=O)CCCN(C)S(=O)(=O)c1ccc(F)cc1)C(=O)O. The van der Waals surface area contributed by atoms with Gasteiger partial charge in [-0.25, -0.2) is 17.1 Å². The average molecular weight is 388 g/mol. The van der Waals surface area contributed by atoms with Gasteiger partial charge in [-0.05, 0) is 37.1 Å². The molecule has 0 radical (unpaired) electrons. The molecule has 2 N–H and O–H groups in total. The molecule has 146 valence electrons. The van der Waals surface area contributed by atoms with Gasteiger partial charge in [-0.2, -0.15) is 0 Å². The van der Waals surface area contributed by atoms with Gasteiger partial charge in [-0.3, -0.25) is 9.59 Å². The van der Waals surface area contributed by atoms with Crippen molar-refractivity contribution in [1.29, 1.82) is 0 Å². The van der Waals surface area contributed by atoms with Crippen LogP contribution in [0, 0.1) is 11.7 Å². The van der Waals surface area contributed by atoms with Crippen LogP contribution in [0.4, 0.5) is 4.39 Å². The molecular formula is C17H25FN2O5S. The molecule has 1 rings (SSSR count). The highest BCUT2D eigenvalue weighted by molar-refractivity contribution is 7.89. The summed E-state index contributed by atoms with van der Waals surface area (Å²) in [6.07, 6.45) is 1.56. The molecule has 1 atom stereocenters. The Kier molecular flexibility index (Phi) is 8.67. The summed E-state index contributed by atoms with van der Waals surface area (Å²) >= 11 is 0.